The monoisotopic (exact) mass is 358 g/mol. The molecule has 1 spiro atoms. The van der Waals surface area contributed by atoms with Gasteiger partial charge in [0, 0.05) is 17.0 Å². The standard InChI is InChI=1S/C19H19ClN2O3/c20-14-6-4-13(5-7-14)15-11-21-16(25-15)12-22-17(23)10-19(18(22)24)8-2-1-3-9-19/h4-7,11H,1-3,8-10,12H2. The van der Waals surface area contributed by atoms with E-state index >= 15 is 0 Å². The first-order valence-corrected chi connectivity index (χ1v) is 9.01. The lowest BCUT2D eigenvalue weighted by molar-refractivity contribution is -0.143. The molecule has 2 amide bonds. The molecule has 2 fully saturated rings. The number of hydrogen-bond acceptors (Lipinski definition) is 4. The summed E-state index contributed by atoms with van der Waals surface area (Å²) in [4.78, 5) is 30.8. The minimum absolute atomic E-state index is 0.0524. The molecule has 2 aliphatic rings. The normalized spacial score (nSPS) is 19.8. The van der Waals surface area contributed by atoms with Crippen LogP contribution in [0.25, 0.3) is 11.3 Å². The molecule has 2 aromatic rings. The van der Waals surface area contributed by atoms with Gasteiger partial charge in [0.05, 0.1) is 11.6 Å². The average molecular weight is 359 g/mol. The van der Waals surface area contributed by atoms with Crippen molar-refractivity contribution in [3.63, 3.8) is 0 Å². The van der Waals surface area contributed by atoms with Gasteiger partial charge in [-0.25, -0.2) is 4.98 Å². The van der Waals surface area contributed by atoms with E-state index in [1.807, 2.05) is 12.1 Å². The predicted molar refractivity (Wildman–Crippen MR) is 92.6 cm³/mol. The Bertz CT molecular complexity index is 806. The number of oxazole rings is 1. The smallest absolute Gasteiger partial charge is 0.236 e. The summed E-state index contributed by atoms with van der Waals surface area (Å²) in [5, 5.41) is 0.648. The van der Waals surface area contributed by atoms with Crippen LogP contribution < -0.4 is 0 Å². The number of halogens is 1. The van der Waals surface area contributed by atoms with Gasteiger partial charge in [-0.15, -0.1) is 0 Å². The zero-order chi connectivity index (χ0) is 17.4. The van der Waals surface area contributed by atoms with E-state index < -0.39 is 5.41 Å². The SMILES string of the molecule is O=C1CC2(CCCCC2)C(=O)N1Cc1ncc(-c2ccc(Cl)cc2)o1. The summed E-state index contributed by atoms with van der Waals surface area (Å²) in [6, 6.07) is 7.24. The van der Waals surface area contributed by atoms with Crippen LogP contribution in [0.3, 0.4) is 0 Å². The molecule has 6 heteroatoms. The summed E-state index contributed by atoms with van der Waals surface area (Å²) < 4.78 is 5.74. The van der Waals surface area contributed by atoms with Crippen molar-refractivity contribution in [1.29, 1.82) is 0 Å². The van der Waals surface area contributed by atoms with Gasteiger partial charge < -0.3 is 4.42 Å². The van der Waals surface area contributed by atoms with Crippen molar-refractivity contribution in [1.82, 2.24) is 9.88 Å². The van der Waals surface area contributed by atoms with Gasteiger partial charge in [0.2, 0.25) is 17.7 Å². The van der Waals surface area contributed by atoms with E-state index in [1.54, 1.807) is 18.3 Å². The zero-order valence-electron chi connectivity index (χ0n) is 13.8. The number of carbonyl (C=O) groups excluding carboxylic acids is 2. The van der Waals surface area contributed by atoms with Crippen LogP contribution in [-0.4, -0.2) is 21.7 Å². The third-order valence-electron chi connectivity index (χ3n) is 5.28. The van der Waals surface area contributed by atoms with Crippen LogP contribution in [0.2, 0.25) is 5.02 Å². The molecule has 0 bridgehead atoms. The van der Waals surface area contributed by atoms with Gasteiger partial charge in [-0.3, -0.25) is 14.5 Å². The van der Waals surface area contributed by atoms with Crippen LogP contribution in [0.1, 0.15) is 44.4 Å². The van der Waals surface area contributed by atoms with Gasteiger partial charge >= 0.3 is 0 Å². The fourth-order valence-corrected chi connectivity index (χ4v) is 4.03. The highest BCUT2D eigenvalue weighted by atomic mass is 35.5. The summed E-state index contributed by atoms with van der Waals surface area (Å²) in [6.45, 7) is 0.104. The highest BCUT2D eigenvalue weighted by molar-refractivity contribution is 6.30. The molecular weight excluding hydrogens is 340 g/mol. The quantitative estimate of drug-likeness (QED) is 0.771. The number of amides is 2. The highest BCUT2D eigenvalue weighted by Crippen LogP contribution is 2.45. The Kier molecular flexibility index (Phi) is 4.12. The van der Waals surface area contributed by atoms with Gasteiger partial charge in [-0.05, 0) is 37.1 Å². The molecule has 1 aromatic heterocycles. The van der Waals surface area contributed by atoms with Crippen molar-refractivity contribution in [3.05, 3.63) is 41.4 Å². The lowest BCUT2D eigenvalue weighted by Crippen LogP contribution is -2.36. The molecule has 25 heavy (non-hydrogen) atoms. The molecule has 0 N–H and O–H groups in total. The summed E-state index contributed by atoms with van der Waals surface area (Å²) in [5.74, 6) is 0.805. The molecule has 130 valence electrons. The molecule has 0 unspecified atom stereocenters. The van der Waals surface area contributed by atoms with Crippen LogP contribution in [0.5, 0.6) is 0 Å². The predicted octanol–water partition coefficient (Wildman–Crippen LogP) is 4.20. The van der Waals surface area contributed by atoms with Crippen molar-refractivity contribution in [2.45, 2.75) is 45.1 Å². The van der Waals surface area contributed by atoms with Gasteiger partial charge in [0.1, 0.15) is 6.54 Å². The van der Waals surface area contributed by atoms with Crippen LogP contribution >= 0.6 is 11.6 Å². The molecule has 4 rings (SSSR count). The summed E-state index contributed by atoms with van der Waals surface area (Å²) in [6.07, 6.45) is 6.76. The molecule has 5 nitrogen and oxygen atoms in total. The average Bonchev–Trinajstić information content (AvgIpc) is 3.16. The second kappa shape index (κ2) is 6.30. The lowest BCUT2D eigenvalue weighted by atomic mass is 9.73. The molecule has 1 saturated heterocycles. The molecule has 2 heterocycles. The van der Waals surface area contributed by atoms with E-state index in [2.05, 4.69) is 4.98 Å². The molecule has 1 saturated carbocycles. The largest absolute Gasteiger partial charge is 0.439 e. The fourth-order valence-electron chi connectivity index (χ4n) is 3.91. The minimum Gasteiger partial charge on any atom is -0.439 e. The van der Waals surface area contributed by atoms with Crippen molar-refractivity contribution in [2.75, 3.05) is 0 Å². The van der Waals surface area contributed by atoms with E-state index in [-0.39, 0.29) is 18.4 Å². The maximum Gasteiger partial charge on any atom is 0.236 e. The van der Waals surface area contributed by atoms with Crippen molar-refractivity contribution < 1.29 is 14.0 Å². The maximum atomic E-state index is 12.8. The van der Waals surface area contributed by atoms with Crippen LogP contribution in [0.15, 0.2) is 34.9 Å². The second-order valence-electron chi connectivity index (χ2n) is 6.93. The first kappa shape index (κ1) is 16.3. The Morgan fingerprint density at radius 3 is 2.56 bits per heavy atom. The highest BCUT2D eigenvalue weighted by Gasteiger charge is 2.51. The van der Waals surface area contributed by atoms with Crippen LogP contribution in [0, 0.1) is 5.41 Å². The first-order chi connectivity index (χ1) is 12.1. The molecule has 0 atom stereocenters. The maximum absolute atomic E-state index is 12.8. The fraction of sp³-hybridized carbons (Fsp3) is 0.421. The van der Waals surface area contributed by atoms with Crippen molar-refractivity contribution in [2.24, 2.45) is 5.41 Å². The van der Waals surface area contributed by atoms with E-state index in [0.29, 0.717) is 23.1 Å². The number of benzene rings is 1. The molecular formula is C19H19ClN2O3. The summed E-state index contributed by atoms with van der Waals surface area (Å²) in [7, 11) is 0. The number of aromatic nitrogens is 1. The number of likely N-dealkylation sites (tertiary alicyclic amines) is 1. The van der Waals surface area contributed by atoms with Gasteiger partial charge in [-0.2, -0.15) is 0 Å². The third-order valence-corrected chi connectivity index (χ3v) is 5.53. The first-order valence-electron chi connectivity index (χ1n) is 8.63. The number of nitrogens with zero attached hydrogens (tertiary/aromatic N) is 2. The zero-order valence-corrected chi connectivity index (χ0v) is 14.6. The topological polar surface area (TPSA) is 63.4 Å². The number of hydrogen-bond donors (Lipinski definition) is 0. The number of carbonyl (C=O) groups is 2. The van der Waals surface area contributed by atoms with E-state index in [9.17, 15) is 9.59 Å². The summed E-state index contributed by atoms with van der Waals surface area (Å²) >= 11 is 5.89. The Balaban J connectivity index is 1.51. The van der Waals surface area contributed by atoms with E-state index in [0.717, 1.165) is 37.7 Å². The second-order valence-corrected chi connectivity index (χ2v) is 7.36. The Labute approximate surface area is 151 Å². The Morgan fingerprint density at radius 2 is 1.84 bits per heavy atom. The summed E-state index contributed by atoms with van der Waals surface area (Å²) in [5.41, 5.74) is 0.381. The molecule has 1 aliphatic heterocycles. The van der Waals surface area contributed by atoms with Gasteiger partial charge in [-0.1, -0.05) is 30.9 Å². The van der Waals surface area contributed by atoms with Crippen molar-refractivity contribution in [3.8, 4) is 11.3 Å². The van der Waals surface area contributed by atoms with Crippen LogP contribution in [0.4, 0.5) is 0 Å². The Morgan fingerprint density at radius 1 is 1.12 bits per heavy atom. The molecule has 0 radical (unpaired) electrons. The van der Waals surface area contributed by atoms with Gasteiger partial charge in [0.25, 0.3) is 0 Å². The minimum atomic E-state index is -0.471. The number of rotatable bonds is 3. The number of imide groups is 1. The van der Waals surface area contributed by atoms with Crippen LogP contribution in [-0.2, 0) is 16.1 Å². The molecule has 1 aliphatic carbocycles. The van der Waals surface area contributed by atoms with E-state index in [4.69, 9.17) is 16.0 Å². The third kappa shape index (κ3) is 2.97. The lowest BCUT2D eigenvalue weighted by Gasteiger charge is -2.30. The van der Waals surface area contributed by atoms with E-state index in [1.165, 1.54) is 4.90 Å². The Hall–Kier alpha value is -2.14. The molecule has 1 aromatic carbocycles. The van der Waals surface area contributed by atoms with Crippen molar-refractivity contribution >= 4 is 23.4 Å². The van der Waals surface area contributed by atoms with Gasteiger partial charge in [0.15, 0.2) is 5.76 Å².